The van der Waals surface area contributed by atoms with Gasteiger partial charge >= 0.3 is 6.09 Å². The van der Waals surface area contributed by atoms with Crippen molar-refractivity contribution in [2.24, 2.45) is 11.8 Å². The van der Waals surface area contributed by atoms with Crippen molar-refractivity contribution in [3.63, 3.8) is 0 Å². The molecule has 3 aromatic rings. The first kappa shape index (κ1) is 31.2. The molecule has 232 valence electrons. The van der Waals surface area contributed by atoms with E-state index in [0.29, 0.717) is 47.5 Å². The van der Waals surface area contributed by atoms with Crippen LogP contribution in [0.3, 0.4) is 0 Å². The van der Waals surface area contributed by atoms with Gasteiger partial charge in [-0.15, -0.1) is 0 Å². The Hall–Kier alpha value is -3.26. The predicted octanol–water partition coefficient (Wildman–Crippen LogP) is 5.31. The first-order valence-electron chi connectivity index (χ1n) is 14.4. The van der Waals surface area contributed by atoms with Crippen molar-refractivity contribution in [1.29, 1.82) is 5.41 Å². The molecular weight excluding hydrogens is 638 g/mol. The number of fused-ring (bicyclic) bond motifs is 2. The molecule has 3 N–H and O–H groups in total. The molecule has 2 aliphatic heterocycles. The fourth-order valence-electron chi connectivity index (χ4n) is 5.78. The molecule has 0 saturated carbocycles. The number of piperidine rings is 1. The zero-order chi connectivity index (χ0) is 31.1. The summed E-state index contributed by atoms with van der Waals surface area (Å²) in [6.45, 7) is 11.3. The van der Waals surface area contributed by atoms with Gasteiger partial charge in [0.2, 0.25) is 12.7 Å². The van der Waals surface area contributed by atoms with E-state index in [0.717, 1.165) is 28.6 Å². The van der Waals surface area contributed by atoms with E-state index in [4.69, 9.17) is 19.9 Å². The topological polar surface area (TPSA) is 150 Å². The standard InChI is InChI=1S/C29H38BrN7O5S/c1-16(2)23(37(28(39)40)29(3,4)5)26(38)35-9-6-7-17(13-35)8-10-36-14-32-24(31)22-25(36)34-27(33-22)43-21-12-20-19(11-18(21)30)41-15-42-20/h11-12,14,16-17,23,31H,6-10,13,15H2,1-5H3,(H,33,34)(H,39,40)/t17?,23-/m0/s1. The molecule has 0 bridgehead atoms. The van der Waals surface area contributed by atoms with E-state index in [1.165, 1.54) is 16.7 Å². The van der Waals surface area contributed by atoms with Crippen molar-refractivity contribution in [2.75, 3.05) is 19.9 Å². The molecule has 1 fully saturated rings. The minimum atomic E-state index is -1.08. The molecule has 12 nitrogen and oxygen atoms in total. The number of rotatable bonds is 8. The number of aromatic nitrogens is 4. The van der Waals surface area contributed by atoms with Gasteiger partial charge in [0.05, 0.1) is 6.33 Å². The summed E-state index contributed by atoms with van der Waals surface area (Å²) in [5.41, 5.74) is 0.610. The molecule has 1 unspecified atom stereocenters. The molecular formula is C29H38BrN7O5S. The highest BCUT2D eigenvalue weighted by Crippen LogP contribution is 2.42. The minimum absolute atomic E-state index is 0.117. The zero-order valence-corrected chi connectivity index (χ0v) is 27.4. The molecule has 2 aliphatic rings. The van der Waals surface area contributed by atoms with E-state index in [1.54, 1.807) is 6.33 Å². The SMILES string of the molecule is CC(C)[C@@H](C(=O)N1CCCC(CCn2cnc(=N)c3[nH]c(Sc4cc5c(cc4Br)OCO5)nc32)C1)N(C(=O)O)C(C)(C)C. The van der Waals surface area contributed by atoms with Crippen LogP contribution in [0.25, 0.3) is 11.2 Å². The van der Waals surface area contributed by atoms with Crippen LogP contribution in [0.15, 0.2) is 33.0 Å². The molecule has 2 aromatic heterocycles. The molecule has 0 radical (unpaired) electrons. The summed E-state index contributed by atoms with van der Waals surface area (Å²) in [6.07, 6.45) is 3.19. The van der Waals surface area contributed by atoms with Crippen LogP contribution in [0.4, 0.5) is 4.79 Å². The summed E-state index contributed by atoms with van der Waals surface area (Å²) in [6, 6.07) is 3.02. The predicted molar refractivity (Wildman–Crippen MR) is 164 cm³/mol. The number of ether oxygens (including phenoxy) is 2. The fraction of sp³-hybridized carbons (Fsp3) is 0.552. The summed E-state index contributed by atoms with van der Waals surface area (Å²) >= 11 is 5.01. The summed E-state index contributed by atoms with van der Waals surface area (Å²) in [5.74, 6) is 1.32. The van der Waals surface area contributed by atoms with Gasteiger partial charge < -0.3 is 29.0 Å². The van der Waals surface area contributed by atoms with Gasteiger partial charge in [-0.1, -0.05) is 25.6 Å². The molecule has 14 heteroatoms. The smallest absolute Gasteiger partial charge is 0.408 e. The Balaban J connectivity index is 1.30. The van der Waals surface area contributed by atoms with E-state index >= 15 is 0 Å². The Morgan fingerprint density at radius 1 is 1.28 bits per heavy atom. The molecule has 0 aliphatic carbocycles. The summed E-state index contributed by atoms with van der Waals surface area (Å²) in [7, 11) is 0. The van der Waals surface area contributed by atoms with Crippen LogP contribution in [0.1, 0.15) is 53.9 Å². The monoisotopic (exact) mass is 675 g/mol. The highest BCUT2D eigenvalue weighted by atomic mass is 79.9. The quantitative estimate of drug-likeness (QED) is 0.291. The minimum Gasteiger partial charge on any atom is -0.465 e. The Labute approximate surface area is 262 Å². The lowest BCUT2D eigenvalue weighted by atomic mass is 9.91. The maximum absolute atomic E-state index is 13.8. The van der Waals surface area contributed by atoms with E-state index in [2.05, 4.69) is 25.9 Å². The highest BCUT2D eigenvalue weighted by molar-refractivity contribution is 9.10. The Morgan fingerprint density at radius 2 is 2.00 bits per heavy atom. The first-order chi connectivity index (χ1) is 20.3. The Morgan fingerprint density at radius 3 is 2.67 bits per heavy atom. The molecule has 2 atom stereocenters. The number of hydrogen-bond donors (Lipinski definition) is 3. The second kappa shape index (κ2) is 12.4. The Bertz CT molecular complexity index is 1580. The maximum atomic E-state index is 13.8. The van der Waals surface area contributed by atoms with Gasteiger partial charge in [-0.2, -0.15) is 0 Å². The van der Waals surface area contributed by atoms with Crippen LogP contribution in [0, 0.1) is 17.2 Å². The fourth-order valence-corrected chi connectivity index (χ4v) is 7.16. The van der Waals surface area contributed by atoms with Crippen molar-refractivity contribution in [3.8, 4) is 11.5 Å². The van der Waals surface area contributed by atoms with Gasteiger partial charge in [0.15, 0.2) is 27.8 Å². The number of carbonyl (C=O) groups is 2. The lowest BCUT2D eigenvalue weighted by Gasteiger charge is -2.44. The van der Waals surface area contributed by atoms with Gasteiger partial charge in [0, 0.05) is 34.5 Å². The van der Waals surface area contributed by atoms with Crippen LogP contribution >= 0.6 is 27.7 Å². The lowest BCUT2D eigenvalue weighted by molar-refractivity contribution is -0.142. The zero-order valence-electron chi connectivity index (χ0n) is 25.0. The largest absolute Gasteiger partial charge is 0.465 e. The lowest BCUT2D eigenvalue weighted by Crippen LogP contribution is -2.60. The number of nitrogens with one attached hydrogen (secondary N) is 2. The van der Waals surface area contributed by atoms with Crippen LogP contribution in [0.5, 0.6) is 11.5 Å². The van der Waals surface area contributed by atoms with Gasteiger partial charge in [-0.3, -0.25) is 15.1 Å². The van der Waals surface area contributed by atoms with Crippen LogP contribution < -0.4 is 15.0 Å². The van der Waals surface area contributed by atoms with Crippen LogP contribution in [-0.4, -0.2) is 77.9 Å². The third-order valence-corrected chi connectivity index (χ3v) is 9.70. The number of H-pyrrole nitrogens is 1. The first-order valence-corrected chi connectivity index (χ1v) is 16.0. The van der Waals surface area contributed by atoms with Crippen LogP contribution in [-0.2, 0) is 11.3 Å². The summed E-state index contributed by atoms with van der Waals surface area (Å²) < 4.78 is 13.8. The van der Waals surface area contributed by atoms with Crippen LogP contribution in [0.2, 0.25) is 0 Å². The van der Waals surface area contributed by atoms with Gasteiger partial charge in [-0.25, -0.2) is 14.8 Å². The number of halogens is 1. The molecule has 1 saturated heterocycles. The number of aryl methyl sites for hydroxylation is 1. The van der Waals surface area contributed by atoms with E-state index in [9.17, 15) is 14.7 Å². The summed E-state index contributed by atoms with van der Waals surface area (Å²) in [4.78, 5) is 42.3. The number of imidazole rings is 1. The van der Waals surface area contributed by atoms with E-state index in [1.807, 2.05) is 56.2 Å². The normalized spacial score (nSPS) is 17.5. The molecule has 2 amide bonds. The second-order valence-electron chi connectivity index (χ2n) is 12.4. The third-order valence-electron chi connectivity index (χ3n) is 7.83. The number of amides is 2. The number of nitrogens with zero attached hydrogens (tertiary/aromatic N) is 5. The molecule has 43 heavy (non-hydrogen) atoms. The third kappa shape index (κ3) is 6.64. The highest BCUT2D eigenvalue weighted by Gasteiger charge is 2.41. The van der Waals surface area contributed by atoms with Crippen molar-refractivity contribution >= 4 is 50.9 Å². The second-order valence-corrected chi connectivity index (χ2v) is 14.2. The van der Waals surface area contributed by atoms with Crippen molar-refractivity contribution in [1.82, 2.24) is 29.3 Å². The number of carbonyl (C=O) groups excluding carboxylic acids is 1. The number of benzene rings is 1. The molecule has 5 rings (SSSR count). The Kier molecular flexibility index (Phi) is 8.98. The van der Waals surface area contributed by atoms with Gasteiger partial charge in [0.25, 0.3) is 0 Å². The molecule has 4 heterocycles. The number of aromatic amines is 1. The van der Waals surface area contributed by atoms with Crippen molar-refractivity contribution in [3.05, 3.63) is 28.4 Å². The van der Waals surface area contributed by atoms with E-state index in [-0.39, 0.29) is 30.0 Å². The average molecular weight is 677 g/mol. The number of hydrogen-bond acceptors (Lipinski definition) is 8. The maximum Gasteiger partial charge on any atom is 0.408 e. The molecule has 1 aromatic carbocycles. The summed E-state index contributed by atoms with van der Waals surface area (Å²) in [5, 5.41) is 19.0. The van der Waals surface area contributed by atoms with Gasteiger partial charge in [-0.05, 0) is 79.9 Å². The number of likely N-dealkylation sites (tertiary alicyclic amines) is 1. The number of carboxylic acid groups (broad SMARTS) is 1. The average Bonchev–Trinajstić information content (AvgIpc) is 3.57. The van der Waals surface area contributed by atoms with Crippen molar-refractivity contribution < 1.29 is 24.2 Å². The van der Waals surface area contributed by atoms with Gasteiger partial charge in [0.1, 0.15) is 11.6 Å². The molecule has 0 spiro atoms. The van der Waals surface area contributed by atoms with E-state index < -0.39 is 17.7 Å². The van der Waals surface area contributed by atoms with Crippen molar-refractivity contribution in [2.45, 2.75) is 82.1 Å².